The normalized spacial score (nSPS) is 58.2. The summed E-state index contributed by atoms with van der Waals surface area (Å²) < 4.78 is 5.46. The molecule has 5 nitrogen and oxygen atoms in total. The minimum absolute atomic E-state index is 0.0243. The molecule has 20 heavy (non-hydrogen) atoms. The third-order valence-electron chi connectivity index (χ3n) is 6.83. The van der Waals surface area contributed by atoms with Crippen LogP contribution < -0.4 is 0 Å². The van der Waals surface area contributed by atoms with E-state index in [1.807, 2.05) is 13.8 Å². The highest BCUT2D eigenvalue weighted by Crippen LogP contribution is 2.68. The van der Waals surface area contributed by atoms with E-state index in [4.69, 9.17) is 4.74 Å². The molecule has 0 aromatic rings. The molecule has 0 aromatic heterocycles. The average Bonchev–Trinajstić information content (AvgIpc) is 2.58. The predicted molar refractivity (Wildman–Crippen MR) is 70.6 cm³/mol. The SMILES string of the molecule is C[C@@H]1C[C@@H](O)[C@@]2(O)[C@]13CC(=O)O[C@H](C3)[C@@H](C)[C@@]2(C)CO. The van der Waals surface area contributed by atoms with Crippen molar-refractivity contribution in [2.75, 3.05) is 6.61 Å². The maximum Gasteiger partial charge on any atom is 0.306 e. The van der Waals surface area contributed by atoms with Gasteiger partial charge in [-0.1, -0.05) is 20.8 Å². The second kappa shape index (κ2) is 3.96. The third kappa shape index (κ3) is 1.27. The summed E-state index contributed by atoms with van der Waals surface area (Å²) in [4.78, 5) is 12.0. The number of aliphatic hydroxyl groups is 3. The number of ether oxygens (including phenoxy) is 1. The van der Waals surface area contributed by atoms with Crippen LogP contribution in [0.5, 0.6) is 0 Å². The maximum absolute atomic E-state index is 12.0. The minimum atomic E-state index is -1.44. The molecule has 0 unspecified atom stereocenters. The lowest BCUT2D eigenvalue weighted by atomic mass is 9.46. The maximum atomic E-state index is 12.0. The Morgan fingerprint density at radius 3 is 2.65 bits per heavy atom. The fourth-order valence-electron chi connectivity index (χ4n) is 5.30. The van der Waals surface area contributed by atoms with Crippen molar-refractivity contribution in [3.8, 4) is 0 Å². The predicted octanol–water partition coefficient (Wildman–Crippen LogP) is 0.458. The molecule has 5 heteroatoms. The summed E-state index contributed by atoms with van der Waals surface area (Å²) in [5.41, 5.74) is -3.00. The first-order chi connectivity index (χ1) is 9.23. The number of fused-ring (bicyclic) bond motifs is 1. The van der Waals surface area contributed by atoms with Crippen LogP contribution in [0.1, 0.15) is 40.0 Å². The van der Waals surface area contributed by atoms with Crippen LogP contribution in [0.3, 0.4) is 0 Å². The Morgan fingerprint density at radius 1 is 1.40 bits per heavy atom. The van der Waals surface area contributed by atoms with E-state index < -0.39 is 22.5 Å². The molecule has 3 N–H and O–H groups in total. The molecule has 0 radical (unpaired) electrons. The van der Waals surface area contributed by atoms with Gasteiger partial charge in [0.15, 0.2) is 0 Å². The molecule has 114 valence electrons. The quantitative estimate of drug-likeness (QED) is 0.609. The van der Waals surface area contributed by atoms with E-state index in [1.54, 1.807) is 6.92 Å². The summed E-state index contributed by atoms with van der Waals surface area (Å²) >= 11 is 0. The molecule has 2 saturated carbocycles. The van der Waals surface area contributed by atoms with Gasteiger partial charge in [0.1, 0.15) is 11.7 Å². The summed E-state index contributed by atoms with van der Waals surface area (Å²) in [5.74, 6) is -0.474. The zero-order valence-corrected chi connectivity index (χ0v) is 12.3. The van der Waals surface area contributed by atoms with Crippen molar-refractivity contribution in [1.29, 1.82) is 0 Å². The van der Waals surface area contributed by atoms with Gasteiger partial charge in [0.25, 0.3) is 0 Å². The molecule has 7 atom stereocenters. The van der Waals surface area contributed by atoms with Gasteiger partial charge < -0.3 is 20.1 Å². The second-order valence-corrected chi connectivity index (χ2v) is 7.35. The summed E-state index contributed by atoms with van der Waals surface area (Å²) in [6.45, 7) is 5.44. The zero-order valence-electron chi connectivity index (χ0n) is 12.3. The van der Waals surface area contributed by atoms with Crippen LogP contribution in [-0.4, -0.2) is 45.7 Å². The van der Waals surface area contributed by atoms with Crippen molar-refractivity contribution >= 4 is 5.97 Å². The van der Waals surface area contributed by atoms with E-state index in [9.17, 15) is 20.1 Å². The topological polar surface area (TPSA) is 87.0 Å². The Hall–Kier alpha value is -0.650. The second-order valence-electron chi connectivity index (χ2n) is 7.35. The number of hydrogen-bond donors (Lipinski definition) is 3. The highest BCUT2D eigenvalue weighted by atomic mass is 16.5. The average molecular weight is 284 g/mol. The van der Waals surface area contributed by atoms with Crippen LogP contribution in [-0.2, 0) is 9.53 Å². The standard InChI is InChI=1S/C15H24O5/c1-8-4-11(17)15(19)13(3,7-16)9(2)10-5-14(8,15)6-12(18)20-10/h8-11,16-17,19H,4-7H2,1-3H3/t8-,9-,10-,11-,13-,14-,15+/m1/s1. The van der Waals surface area contributed by atoms with Gasteiger partial charge in [-0.25, -0.2) is 0 Å². The number of rotatable bonds is 1. The van der Waals surface area contributed by atoms with Crippen molar-refractivity contribution in [3.05, 3.63) is 0 Å². The Bertz CT molecular complexity index is 452. The van der Waals surface area contributed by atoms with E-state index in [1.165, 1.54) is 0 Å². The smallest absolute Gasteiger partial charge is 0.306 e. The molecular formula is C15H24O5. The van der Waals surface area contributed by atoms with E-state index in [-0.39, 0.29) is 36.9 Å². The first kappa shape index (κ1) is 14.3. The monoisotopic (exact) mass is 284 g/mol. The number of carbonyl (C=O) groups excluding carboxylic acids is 1. The first-order valence-electron chi connectivity index (χ1n) is 7.44. The van der Waals surface area contributed by atoms with Crippen molar-refractivity contribution in [3.63, 3.8) is 0 Å². The zero-order chi connectivity index (χ0) is 14.9. The lowest BCUT2D eigenvalue weighted by Gasteiger charge is -2.64. The number of esters is 1. The van der Waals surface area contributed by atoms with E-state index in [2.05, 4.69) is 0 Å². The van der Waals surface area contributed by atoms with Crippen LogP contribution in [0.25, 0.3) is 0 Å². The summed E-state index contributed by atoms with van der Waals surface area (Å²) in [5, 5.41) is 31.9. The van der Waals surface area contributed by atoms with Crippen molar-refractivity contribution in [2.24, 2.45) is 22.7 Å². The molecule has 1 heterocycles. The highest BCUT2D eigenvalue weighted by molar-refractivity contribution is 5.72. The summed E-state index contributed by atoms with van der Waals surface area (Å²) in [6, 6.07) is 0. The lowest BCUT2D eigenvalue weighted by molar-refractivity contribution is -0.292. The molecule has 0 aromatic carbocycles. The fourth-order valence-corrected chi connectivity index (χ4v) is 5.30. The van der Waals surface area contributed by atoms with Crippen LogP contribution in [0, 0.1) is 22.7 Å². The fraction of sp³-hybridized carbons (Fsp3) is 0.933. The van der Waals surface area contributed by atoms with Gasteiger partial charge in [0.05, 0.1) is 19.1 Å². The number of hydrogen-bond acceptors (Lipinski definition) is 5. The molecule has 0 amide bonds. The van der Waals surface area contributed by atoms with Crippen molar-refractivity contribution in [1.82, 2.24) is 0 Å². The molecule has 3 fully saturated rings. The van der Waals surface area contributed by atoms with E-state index in [0.29, 0.717) is 12.8 Å². The minimum Gasteiger partial charge on any atom is -0.462 e. The van der Waals surface area contributed by atoms with Gasteiger partial charge in [0, 0.05) is 16.7 Å². The van der Waals surface area contributed by atoms with Crippen LogP contribution in [0.2, 0.25) is 0 Å². The lowest BCUT2D eigenvalue weighted by Crippen LogP contribution is -2.73. The van der Waals surface area contributed by atoms with Crippen molar-refractivity contribution < 1.29 is 24.9 Å². The Kier molecular flexibility index (Phi) is 2.83. The molecule has 1 saturated heterocycles. The molecule has 2 bridgehead atoms. The van der Waals surface area contributed by atoms with Gasteiger partial charge in [-0.3, -0.25) is 4.79 Å². The molecule has 3 aliphatic rings. The summed E-state index contributed by atoms with van der Waals surface area (Å²) in [6.07, 6.45) is -0.0470. The summed E-state index contributed by atoms with van der Waals surface area (Å²) in [7, 11) is 0. The molecule has 1 spiro atoms. The van der Waals surface area contributed by atoms with E-state index >= 15 is 0 Å². The van der Waals surface area contributed by atoms with Gasteiger partial charge in [-0.2, -0.15) is 0 Å². The van der Waals surface area contributed by atoms with E-state index in [0.717, 1.165) is 0 Å². The van der Waals surface area contributed by atoms with Gasteiger partial charge in [-0.15, -0.1) is 0 Å². The van der Waals surface area contributed by atoms with Crippen LogP contribution >= 0.6 is 0 Å². The largest absolute Gasteiger partial charge is 0.462 e. The Morgan fingerprint density at radius 2 is 2.05 bits per heavy atom. The third-order valence-corrected chi connectivity index (χ3v) is 6.83. The Balaban J connectivity index is 2.22. The molecule has 1 aliphatic heterocycles. The number of carbonyl (C=O) groups is 1. The van der Waals surface area contributed by atoms with Crippen LogP contribution in [0.15, 0.2) is 0 Å². The van der Waals surface area contributed by atoms with Gasteiger partial charge in [0.2, 0.25) is 0 Å². The van der Waals surface area contributed by atoms with Gasteiger partial charge in [-0.05, 0) is 18.8 Å². The Labute approximate surface area is 118 Å². The van der Waals surface area contributed by atoms with Crippen LogP contribution in [0.4, 0.5) is 0 Å². The highest BCUT2D eigenvalue weighted by Gasteiger charge is 2.76. The van der Waals surface area contributed by atoms with Gasteiger partial charge >= 0.3 is 5.97 Å². The van der Waals surface area contributed by atoms with Crippen molar-refractivity contribution in [2.45, 2.75) is 57.8 Å². The number of aliphatic hydroxyl groups excluding tert-OH is 2. The molecule has 3 rings (SSSR count). The molecule has 2 aliphatic carbocycles. The first-order valence-corrected chi connectivity index (χ1v) is 7.44. The molecular weight excluding hydrogens is 260 g/mol.